The highest BCUT2D eigenvalue weighted by Crippen LogP contribution is 2.24. The Labute approximate surface area is 133 Å². The highest BCUT2D eigenvalue weighted by molar-refractivity contribution is 9.10. The Morgan fingerprint density at radius 2 is 1.90 bits per heavy atom. The van der Waals surface area contributed by atoms with Crippen LogP contribution >= 0.6 is 15.9 Å². The van der Waals surface area contributed by atoms with Crippen LogP contribution in [0.5, 0.6) is 0 Å². The summed E-state index contributed by atoms with van der Waals surface area (Å²) in [7, 11) is 4.15. The molecule has 0 aliphatic heterocycles. The first-order valence-corrected chi connectivity index (χ1v) is 7.66. The molecule has 0 saturated heterocycles. The molecule has 5 nitrogen and oxygen atoms in total. The lowest BCUT2D eigenvalue weighted by atomic mass is 10.3. The SMILES string of the molecule is CN(C)CCCNc1cc(Nc2ccccc2Br)ncn1. The van der Waals surface area contributed by atoms with Crippen LogP contribution in [0.15, 0.2) is 41.1 Å². The van der Waals surface area contributed by atoms with Gasteiger partial charge in [-0.3, -0.25) is 0 Å². The van der Waals surface area contributed by atoms with Gasteiger partial charge in [0.1, 0.15) is 18.0 Å². The second-order valence-electron chi connectivity index (χ2n) is 4.98. The first-order chi connectivity index (χ1) is 10.1. The van der Waals surface area contributed by atoms with E-state index in [0.717, 1.165) is 41.3 Å². The molecule has 0 atom stereocenters. The Hall–Kier alpha value is -1.66. The van der Waals surface area contributed by atoms with E-state index in [-0.39, 0.29) is 0 Å². The maximum absolute atomic E-state index is 4.24. The van der Waals surface area contributed by atoms with Gasteiger partial charge in [0, 0.05) is 17.1 Å². The number of para-hydroxylation sites is 1. The molecular formula is C15H20BrN5. The van der Waals surface area contributed by atoms with E-state index in [1.807, 2.05) is 30.3 Å². The van der Waals surface area contributed by atoms with Crippen molar-refractivity contribution in [2.75, 3.05) is 37.8 Å². The summed E-state index contributed by atoms with van der Waals surface area (Å²) in [5.74, 6) is 1.60. The molecule has 0 aliphatic rings. The minimum Gasteiger partial charge on any atom is -0.370 e. The van der Waals surface area contributed by atoms with E-state index in [2.05, 4.69) is 55.5 Å². The summed E-state index contributed by atoms with van der Waals surface area (Å²) in [5, 5.41) is 6.59. The van der Waals surface area contributed by atoms with Gasteiger partial charge in [-0.15, -0.1) is 0 Å². The van der Waals surface area contributed by atoms with E-state index in [9.17, 15) is 0 Å². The van der Waals surface area contributed by atoms with Crippen LogP contribution in [0.3, 0.4) is 0 Å². The van der Waals surface area contributed by atoms with Gasteiger partial charge < -0.3 is 15.5 Å². The lowest BCUT2D eigenvalue weighted by molar-refractivity contribution is 0.405. The van der Waals surface area contributed by atoms with E-state index in [0.29, 0.717) is 0 Å². The summed E-state index contributed by atoms with van der Waals surface area (Å²) >= 11 is 3.51. The van der Waals surface area contributed by atoms with Crippen molar-refractivity contribution in [1.29, 1.82) is 0 Å². The molecule has 1 aromatic heterocycles. The zero-order valence-electron chi connectivity index (χ0n) is 12.3. The molecular weight excluding hydrogens is 330 g/mol. The Bertz CT molecular complexity index is 573. The van der Waals surface area contributed by atoms with Crippen molar-refractivity contribution in [2.24, 2.45) is 0 Å². The molecule has 112 valence electrons. The quantitative estimate of drug-likeness (QED) is 0.750. The van der Waals surface area contributed by atoms with Crippen molar-refractivity contribution in [1.82, 2.24) is 14.9 Å². The third-order valence-electron chi connectivity index (χ3n) is 2.89. The van der Waals surface area contributed by atoms with Gasteiger partial charge >= 0.3 is 0 Å². The average molecular weight is 350 g/mol. The van der Waals surface area contributed by atoms with Crippen LogP contribution in [0.25, 0.3) is 0 Å². The minimum atomic E-state index is 0.770. The monoisotopic (exact) mass is 349 g/mol. The molecule has 1 aromatic carbocycles. The molecule has 21 heavy (non-hydrogen) atoms. The van der Waals surface area contributed by atoms with Crippen LogP contribution in [0.4, 0.5) is 17.3 Å². The molecule has 1 heterocycles. The van der Waals surface area contributed by atoms with E-state index >= 15 is 0 Å². The average Bonchev–Trinajstić information content (AvgIpc) is 2.46. The third kappa shape index (κ3) is 5.32. The predicted molar refractivity (Wildman–Crippen MR) is 91.1 cm³/mol. The molecule has 0 aliphatic carbocycles. The number of hydrogen-bond acceptors (Lipinski definition) is 5. The van der Waals surface area contributed by atoms with Gasteiger partial charge in [-0.25, -0.2) is 9.97 Å². The topological polar surface area (TPSA) is 53.1 Å². The minimum absolute atomic E-state index is 0.770. The third-order valence-corrected chi connectivity index (χ3v) is 3.58. The molecule has 0 unspecified atom stereocenters. The van der Waals surface area contributed by atoms with Gasteiger partial charge in [0.2, 0.25) is 0 Å². The second kappa shape index (κ2) is 7.95. The summed E-state index contributed by atoms with van der Waals surface area (Å²) in [4.78, 5) is 10.6. The Morgan fingerprint density at radius 3 is 2.67 bits per heavy atom. The lowest BCUT2D eigenvalue weighted by Gasteiger charge is -2.11. The van der Waals surface area contributed by atoms with Crippen molar-refractivity contribution in [3.05, 3.63) is 41.1 Å². The maximum atomic E-state index is 4.24. The van der Waals surface area contributed by atoms with Gasteiger partial charge in [0.15, 0.2) is 0 Å². The van der Waals surface area contributed by atoms with E-state index in [4.69, 9.17) is 0 Å². The van der Waals surface area contributed by atoms with Crippen molar-refractivity contribution in [3.8, 4) is 0 Å². The Balaban J connectivity index is 1.93. The number of nitrogens with zero attached hydrogens (tertiary/aromatic N) is 3. The van der Waals surface area contributed by atoms with E-state index < -0.39 is 0 Å². The normalized spacial score (nSPS) is 10.7. The molecule has 0 radical (unpaired) electrons. The summed E-state index contributed by atoms with van der Waals surface area (Å²) in [6.45, 7) is 1.95. The first-order valence-electron chi connectivity index (χ1n) is 6.87. The summed E-state index contributed by atoms with van der Waals surface area (Å²) < 4.78 is 1.00. The molecule has 0 amide bonds. The fourth-order valence-corrected chi connectivity index (χ4v) is 2.22. The fourth-order valence-electron chi connectivity index (χ4n) is 1.83. The Kier molecular flexibility index (Phi) is 5.95. The molecule has 0 fully saturated rings. The second-order valence-corrected chi connectivity index (χ2v) is 5.83. The van der Waals surface area contributed by atoms with Gasteiger partial charge in [-0.2, -0.15) is 0 Å². The zero-order valence-corrected chi connectivity index (χ0v) is 13.9. The number of halogens is 1. The molecule has 0 saturated carbocycles. The number of nitrogens with one attached hydrogen (secondary N) is 2. The molecule has 0 bridgehead atoms. The molecule has 2 N–H and O–H groups in total. The van der Waals surface area contributed by atoms with Crippen LogP contribution in [-0.4, -0.2) is 42.1 Å². The zero-order chi connectivity index (χ0) is 15.1. The van der Waals surface area contributed by atoms with Gasteiger partial charge in [0.25, 0.3) is 0 Å². The summed E-state index contributed by atoms with van der Waals surface area (Å²) in [6.07, 6.45) is 2.64. The first kappa shape index (κ1) is 15.7. The standard InChI is InChI=1S/C15H20BrN5/c1-21(2)9-5-8-17-14-10-15(19-11-18-14)20-13-7-4-3-6-12(13)16/h3-4,6-7,10-11H,5,8-9H2,1-2H3,(H2,17,18,19,20). The van der Waals surface area contributed by atoms with E-state index in [1.54, 1.807) is 6.33 Å². The van der Waals surface area contributed by atoms with Crippen molar-refractivity contribution >= 4 is 33.3 Å². The number of rotatable bonds is 7. The maximum Gasteiger partial charge on any atom is 0.135 e. The highest BCUT2D eigenvalue weighted by atomic mass is 79.9. The molecule has 2 aromatic rings. The van der Waals surface area contributed by atoms with Crippen molar-refractivity contribution in [3.63, 3.8) is 0 Å². The van der Waals surface area contributed by atoms with Crippen molar-refractivity contribution in [2.45, 2.75) is 6.42 Å². The summed E-state index contributed by atoms with van der Waals surface area (Å²) in [5.41, 5.74) is 0.981. The van der Waals surface area contributed by atoms with Crippen LogP contribution < -0.4 is 10.6 Å². The van der Waals surface area contributed by atoms with Crippen LogP contribution in [-0.2, 0) is 0 Å². The fraction of sp³-hybridized carbons (Fsp3) is 0.333. The molecule has 2 rings (SSSR count). The van der Waals surface area contributed by atoms with Crippen LogP contribution in [0, 0.1) is 0 Å². The Morgan fingerprint density at radius 1 is 1.14 bits per heavy atom. The van der Waals surface area contributed by atoms with Crippen LogP contribution in [0.2, 0.25) is 0 Å². The number of benzene rings is 1. The van der Waals surface area contributed by atoms with Crippen LogP contribution in [0.1, 0.15) is 6.42 Å². The number of anilines is 3. The number of aromatic nitrogens is 2. The van der Waals surface area contributed by atoms with Crippen molar-refractivity contribution < 1.29 is 0 Å². The highest BCUT2D eigenvalue weighted by Gasteiger charge is 2.02. The number of hydrogen-bond donors (Lipinski definition) is 2. The van der Waals surface area contributed by atoms with E-state index in [1.165, 1.54) is 0 Å². The van der Waals surface area contributed by atoms with Gasteiger partial charge in [-0.1, -0.05) is 12.1 Å². The smallest absolute Gasteiger partial charge is 0.135 e. The van der Waals surface area contributed by atoms with Gasteiger partial charge in [-0.05, 0) is 55.1 Å². The molecule has 6 heteroatoms. The summed E-state index contributed by atoms with van der Waals surface area (Å²) in [6, 6.07) is 9.86. The largest absolute Gasteiger partial charge is 0.370 e. The molecule has 0 spiro atoms. The lowest BCUT2D eigenvalue weighted by Crippen LogP contribution is -2.16. The predicted octanol–water partition coefficient (Wildman–Crippen LogP) is 3.35. The van der Waals surface area contributed by atoms with Gasteiger partial charge in [0.05, 0.1) is 5.69 Å².